The Balaban J connectivity index is 0.00000242. The monoisotopic (exact) mass is 338 g/mol. The molecule has 0 saturated heterocycles. The second-order valence-electron chi connectivity index (χ2n) is 4.48. The van der Waals surface area contributed by atoms with E-state index in [9.17, 15) is 26.3 Å². The van der Waals surface area contributed by atoms with E-state index in [1.807, 2.05) is 0 Å². The van der Waals surface area contributed by atoms with E-state index < -0.39 is 28.9 Å². The molecule has 0 amide bonds. The summed E-state index contributed by atoms with van der Waals surface area (Å²) in [5, 5.41) is 0. The highest BCUT2D eigenvalue weighted by molar-refractivity contribution is 5.43. The Labute approximate surface area is 129 Å². The number of hydrogen-bond donors (Lipinski definition) is 2. The second-order valence-corrected chi connectivity index (χ2v) is 4.48. The van der Waals surface area contributed by atoms with Crippen LogP contribution in [0.1, 0.15) is 11.1 Å². The topological polar surface area (TPSA) is 70.0 Å². The van der Waals surface area contributed by atoms with Crippen LogP contribution in [0.3, 0.4) is 0 Å². The molecule has 0 bridgehead atoms. The molecule has 2 aromatic rings. The largest absolute Gasteiger partial charge is 0.411 e. The van der Waals surface area contributed by atoms with E-state index >= 15 is 0 Å². The van der Waals surface area contributed by atoms with Crippen molar-refractivity contribution in [2.75, 3.05) is 0 Å². The summed E-state index contributed by atoms with van der Waals surface area (Å²) in [6.45, 7) is 0. The number of benzene rings is 2. The van der Waals surface area contributed by atoms with Gasteiger partial charge < -0.3 is 12.3 Å². The van der Waals surface area contributed by atoms with Crippen LogP contribution in [-0.2, 0) is 5.41 Å². The minimum Gasteiger partial charge on any atom is -0.344 e. The van der Waals surface area contributed by atoms with Crippen LogP contribution in [0.5, 0.6) is 0 Å². The van der Waals surface area contributed by atoms with Crippen molar-refractivity contribution in [3.8, 4) is 0 Å². The molecule has 128 valence electrons. The maximum absolute atomic E-state index is 13.5. The van der Waals surface area contributed by atoms with Gasteiger partial charge in [0.1, 0.15) is 0 Å². The van der Waals surface area contributed by atoms with Gasteiger partial charge in [-0.2, -0.15) is 26.3 Å². The van der Waals surface area contributed by atoms with Crippen molar-refractivity contribution in [2.45, 2.75) is 17.8 Å². The zero-order valence-electron chi connectivity index (χ0n) is 12.0. The van der Waals surface area contributed by atoms with Crippen LogP contribution in [-0.4, -0.2) is 12.4 Å². The van der Waals surface area contributed by atoms with Crippen LogP contribution in [0.25, 0.3) is 0 Å². The van der Waals surface area contributed by atoms with Gasteiger partial charge in [-0.05, 0) is 11.1 Å². The van der Waals surface area contributed by atoms with Gasteiger partial charge in [-0.3, -0.25) is 0 Å². The van der Waals surface area contributed by atoms with Gasteiger partial charge in [-0.1, -0.05) is 60.7 Å². The van der Waals surface area contributed by atoms with E-state index in [-0.39, 0.29) is 12.3 Å². The number of halogens is 6. The maximum Gasteiger partial charge on any atom is 0.411 e. The van der Waals surface area contributed by atoms with Gasteiger partial charge in [0.25, 0.3) is 0 Å². The molecule has 2 aromatic carbocycles. The fourth-order valence-corrected chi connectivity index (χ4v) is 2.36. The number of hydrogen-bond acceptors (Lipinski definition) is 2. The van der Waals surface area contributed by atoms with E-state index in [0.29, 0.717) is 0 Å². The number of rotatable bonds is 2. The van der Waals surface area contributed by atoms with Crippen molar-refractivity contribution >= 4 is 0 Å². The lowest BCUT2D eigenvalue weighted by atomic mass is 9.73. The summed E-state index contributed by atoms with van der Waals surface area (Å²) in [4.78, 5) is 0. The molecule has 0 fully saturated rings. The van der Waals surface area contributed by atoms with Gasteiger partial charge in [0.05, 0.1) is 0 Å². The van der Waals surface area contributed by atoms with Crippen molar-refractivity contribution in [1.29, 1.82) is 0 Å². The van der Waals surface area contributed by atoms with Crippen LogP contribution in [0.15, 0.2) is 60.7 Å². The summed E-state index contributed by atoms with van der Waals surface area (Å²) < 4.78 is 81.1. The first-order chi connectivity index (χ1) is 9.71. The van der Waals surface area contributed by atoms with Crippen molar-refractivity contribution in [1.82, 2.24) is 12.3 Å². The summed E-state index contributed by atoms with van der Waals surface area (Å²) in [5.74, 6) is 0. The second kappa shape index (κ2) is 7.01. The highest BCUT2D eigenvalue weighted by atomic mass is 19.4. The molecule has 23 heavy (non-hydrogen) atoms. The summed E-state index contributed by atoms with van der Waals surface area (Å²) in [5.41, 5.74) is -5.74. The van der Waals surface area contributed by atoms with Gasteiger partial charge in [0.2, 0.25) is 5.41 Å². The van der Waals surface area contributed by atoms with Crippen LogP contribution in [0.4, 0.5) is 26.3 Å². The predicted molar refractivity (Wildman–Crippen MR) is 75.8 cm³/mol. The van der Waals surface area contributed by atoms with E-state index in [4.69, 9.17) is 0 Å². The van der Waals surface area contributed by atoms with Crippen molar-refractivity contribution in [3.05, 3.63) is 71.8 Å². The van der Waals surface area contributed by atoms with E-state index in [1.54, 1.807) is 0 Å². The summed E-state index contributed by atoms with van der Waals surface area (Å²) in [6, 6.07) is 10.7. The Bertz CT molecular complexity index is 537. The van der Waals surface area contributed by atoms with Gasteiger partial charge in [0.15, 0.2) is 0 Å². The third-order valence-electron chi connectivity index (χ3n) is 3.26. The Hall–Kier alpha value is -2.06. The lowest BCUT2D eigenvalue weighted by molar-refractivity contribution is -0.288. The van der Waals surface area contributed by atoms with Crippen molar-refractivity contribution in [3.63, 3.8) is 0 Å². The van der Waals surface area contributed by atoms with Crippen LogP contribution in [0, 0.1) is 0 Å². The van der Waals surface area contributed by atoms with E-state index in [2.05, 4.69) is 0 Å². The third-order valence-corrected chi connectivity index (χ3v) is 3.26. The molecule has 2 rings (SSSR count). The molecule has 0 aliphatic carbocycles. The summed E-state index contributed by atoms with van der Waals surface area (Å²) in [6.07, 6.45) is -11.0. The average molecular weight is 338 g/mol. The Morgan fingerprint density at radius 3 is 0.957 bits per heavy atom. The fourth-order valence-electron chi connectivity index (χ4n) is 2.36. The minimum atomic E-state index is -5.52. The highest BCUT2D eigenvalue weighted by Crippen LogP contribution is 2.55. The van der Waals surface area contributed by atoms with Crippen molar-refractivity contribution in [2.24, 2.45) is 0 Å². The van der Waals surface area contributed by atoms with Gasteiger partial charge in [-0.25, -0.2) is 0 Å². The average Bonchev–Trinajstić information content (AvgIpc) is 2.38. The molecule has 0 aliphatic heterocycles. The summed E-state index contributed by atoms with van der Waals surface area (Å²) in [7, 11) is 0. The van der Waals surface area contributed by atoms with Gasteiger partial charge >= 0.3 is 12.4 Å². The molecule has 8 heteroatoms. The molecule has 2 nitrogen and oxygen atoms in total. The smallest absolute Gasteiger partial charge is 0.344 e. The molecular weight excluding hydrogens is 322 g/mol. The molecule has 0 heterocycles. The quantitative estimate of drug-likeness (QED) is 0.718. The molecule has 0 atom stereocenters. The molecule has 0 aromatic heterocycles. The minimum absolute atomic E-state index is 0. The molecule has 0 radical (unpaired) electrons. The van der Waals surface area contributed by atoms with Gasteiger partial charge in [-0.15, -0.1) is 0 Å². The molecular formula is C15H16F6N2. The molecule has 0 unspecified atom stereocenters. The first-order valence-corrected chi connectivity index (χ1v) is 5.96. The predicted octanol–water partition coefficient (Wildman–Crippen LogP) is 5.42. The van der Waals surface area contributed by atoms with Crippen LogP contribution in [0.2, 0.25) is 0 Å². The Morgan fingerprint density at radius 2 is 0.739 bits per heavy atom. The van der Waals surface area contributed by atoms with E-state index in [1.165, 1.54) is 12.1 Å². The SMILES string of the molecule is FC(F)(F)C(c1ccccc1)(c1ccccc1)C(F)(F)F.N.N. The Morgan fingerprint density at radius 1 is 0.478 bits per heavy atom. The standard InChI is InChI=1S/C15H10F6.2H3N/c16-14(17,18)13(15(19,20)21,11-7-3-1-4-8-11)12-9-5-2-6-10-12;;/h1-10H;2*1H3. The van der Waals surface area contributed by atoms with Gasteiger partial charge in [0, 0.05) is 0 Å². The van der Waals surface area contributed by atoms with E-state index in [0.717, 1.165) is 48.5 Å². The number of alkyl halides is 6. The molecule has 0 saturated carbocycles. The zero-order valence-corrected chi connectivity index (χ0v) is 12.0. The molecule has 6 N–H and O–H groups in total. The van der Waals surface area contributed by atoms with Crippen molar-refractivity contribution < 1.29 is 26.3 Å². The lowest BCUT2D eigenvalue weighted by Gasteiger charge is -2.38. The first-order valence-electron chi connectivity index (χ1n) is 5.96. The lowest BCUT2D eigenvalue weighted by Crippen LogP contribution is -2.54. The highest BCUT2D eigenvalue weighted by Gasteiger charge is 2.72. The zero-order chi connectivity index (χ0) is 15.7. The maximum atomic E-state index is 13.5. The molecule has 0 spiro atoms. The molecule has 0 aliphatic rings. The summed E-state index contributed by atoms with van der Waals surface area (Å²) >= 11 is 0. The fraction of sp³-hybridized carbons (Fsp3) is 0.200. The first kappa shape index (κ1) is 20.9. The third kappa shape index (κ3) is 3.32. The van der Waals surface area contributed by atoms with Crippen LogP contribution < -0.4 is 12.3 Å². The normalized spacial score (nSPS) is 12.1. The van der Waals surface area contributed by atoms with Crippen LogP contribution >= 0.6 is 0 Å². The Kier molecular flexibility index (Phi) is 6.38.